The molecule has 0 spiro atoms. The van der Waals surface area contributed by atoms with Gasteiger partial charge >= 0.3 is 5.97 Å². The predicted molar refractivity (Wildman–Crippen MR) is 69.1 cm³/mol. The topological polar surface area (TPSA) is 105 Å². The van der Waals surface area contributed by atoms with Crippen LogP contribution in [0, 0.1) is 10.1 Å². The minimum Gasteiger partial charge on any atom is -0.481 e. The first kappa shape index (κ1) is 12.7. The number of aliphatic carboxylic acids is 1. The van der Waals surface area contributed by atoms with Crippen molar-refractivity contribution < 1.29 is 14.8 Å². The summed E-state index contributed by atoms with van der Waals surface area (Å²) in [7, 11) is 0. The molecule has 2 N–H and O–H groups in total. The Kier molecular flexibility index (Phi) is 3.56. The molecule has 0 radical (unpaired) electrons. The van der Waals surface area contributed by atoms with E-state index >= 15 is 0 Å². The fourth-order valence-corrected chi connectivity index (χ4v) is 1.76. The lowest BCUT2D eigenvalue weighted by Crippen LogP contribution is -2.08. The number of nitrogens with zero attached hydrogens (tertiary/aromatic N) is 2. The van der Waals surface area contributed by atoms with Crippen LogP contribution in [-0.2, 0) is 4.79 Å². The summed E-state index contributed by atoms with van der Waals surface area (Å²) < 4.78 is 0. The average molecular weight is 261 g/mol. The van der Waals surface area contributed by atoms with Crippen molar-refractivity contribution in [3.63, 3.8) is 0 Å². The zero-order valence-corrected chi connectivity index (χ0v) is 9.87. The highest BCUT2D eigenvalue weighted by Crippen LogP contribution is 2.29. The van der Waals surface area contributed by atoms with Crippen molar-refractivity contribution >= 4 is 28.2 Å². The van der Waals surface area contributed by atoms with Gasteiger partial charge in [-0.25, -0.2) is 4.98 Å². The lowest BCUT2D eigenvalue weighted by molar-refractivity contribution is -0.383. The highest BCUT2D eigenvalue weighted by atomic mass is 16.6. The van der Waals surface area contributed by atoms with Crippen LogP contribution >= 0.6 is 0 Å². The van der Waals surface area contributed by atoms with E-state index in [-0.39, 0.29) is 24.2 Å². The number of hydrogen-bond acceptors (Lipinski definition) is 5. The van der Waals surface area contributed by atoms with Gasteiger partial charge in [0.2, 0.25) is 0 Å². The van der Waals surface area contributed by atoms with Crippen LogP contribution in [0.3, 0.4) is 0 Å². The van der Waals surface area contributed by atoms with Gasteiger partial charge in [0.1, 0.15) is 5.52 Å². The SMILES string of the molecule is O=C(O)CCNc1ccc([N+](=O)[O-])c2ncccc12. The second-order valence-corrected chi connectivity index (χ2v) is 3.86. The van der Waals surface area contributed by atoms with Crippen LogP contribution in [0.2, 0.25) is 0 Å². The number of carboxylic acid groups (broad SMARTS) is 1. The summed E-state index contributed by atoms with van der Waals surface area (Å²) in [5, 5.41) is 23.0. The molecule has 1 aromatic heterocycles. The Bertz CT molecular complexity index is 642. The molecule has 1 aromatic carbocycles. The molecule has 19 heavy (non-hydrogen) atoms. The Labute approximate surface area is 108 Å². The number of anilines is 1. The van der Waals surface area contributed by atoms with Crippen molar-refractivity contribution in [1.82, 2.24) is 4.98 Å². The Morgan fingerprint density at radius 1 is 1.42 bits per heavy atom. The van der Waals surface area contributed by atoms with Crippen LogP contribution in [-0.4, -0.2) is 27.5 Å². The smallest absolute Gasteiger partial charge is 0.305 e. The van der Waals surface area contributed by atoms with Gasteiger partial charge in [-0.15, -0.1) is 0 Å². The molecule has 0 saturated heterocycles. The average Bonchev–Trinajstić information content (AvgIpc) is 2.38. The van der Waals surface area contributed by atoms with E-state index in [1.165, 1.54) is 12.3 Å². The highest BCUT2D eigenvalue weighted by molar-refractivity contribution is 5.96. The molecule has 0 aliphatic heterocycles. The molecular weight excluding hydrogens is 250 g/mol. The molecule has 0 aliphatic carbocycles. The van der Waals surface area contributed by atoms with E-state index in [9.17, 15) is 14.9 Å². The number of rotatable bonds is 5. The van der Waals surface area contributed by atoms with E-state index < -0.39 is 10.9 Å². The largest absolute Gasteiger partial charge is 0.481 e. The Morgan fingerprint density at radius 2 is 2.21 bits per heavy atom. The number of pyridine rings is 1. The van der Waals surface area contributed by atoms with E-state index in [0.29, 0.717) is 11.1 Å². The number of carboxylic acids is 1. The molecule has 1 heterocycles. The van der Waals surface area contributed by atoms with Crippen LogP contribution in [0.4, 0.5) is 11.4 Å². The molecule has 98 valence electrons. The Balaban J connectivity index is 2.38. The number of nitro benzene ring substituents is 1. The molecule has 2 aromatic rings. The zero-order valence-electron chi connectivity index (χ0n) is 9.87. The molecular formula is C12H11N3O4. The minimum absolute atomic E-state index is 0.0290. The Hall–Kier alpha value is -2.70. The maximum atomic E-state index is 10.9. The van der Waals surface area contributed by atoms with Gasteiger partial charge in [0.25, 0.3) is 5.69 Å². The molecule has 0 saturated carbocycles. The van der Waals surface area contributed by atoms with Crippen LogP contribution < -0.4 is 5.32 Å². The number of non-ortho nitro benzene ring substituents is 1. The number of carbonyl (C=O) groups is 1. The van der Waals surface area contributed by atoms with Gasteiger partial charge in [0.15, 0.2) is 0 Å². The molecule has 7 heteroatoms. The fraction of sp³-hybridized carbons (Fsp3) is 0.167. The first-order chi connectivity index (χ1) is 9.09. The molecule has 2 rings (SSSR count). The minimum atomic E-state index is -0.906. The molecule has 0 amide bonds. The van der Waals surface area contributed by atoms with Gasteiger partial charge in [0, 0.05) is 29.9 Å². The second-order valence-electron chi connectivity index (χ2n) is 3.86. The number of benzene rings is 1. The molecule has 0 atom stereocenters. The maximum absolute atomic E-state index is 10.9. The predicted octanol–water partition coefficient (Wildman–Crippen LogP) is 2.03. The normalized spacial score (nSPS) is 10.3. The van der Waals surface area contributed by atoms with E-state index in [1.807, 2.05) is 0 Å². The number of nitrogens with one attached hydrogen (secondary N) is 1. The molecule has 0 unspecified atom stereocenters. The second kappa shape index (κ2) is 5.30. The quantitative estimate of drug-likeness (QED) is 0.630. The van der Waals surface area contributed by atoms with E-state index in [0.717, 1.165) is 0 Å². The van der Waals surface area contributed by atoms with Gasteiger partial charge in [-0.3, -0.25) is 14.9 Å². The van der Waals surface area contributed by atoms with E-state index in [4.69, 9.17) is 5.11 Å². The summed E-state index contributed by atoms with van der Waals surface area (Å²) in [6, 6.07) is 6.30. The third-order valence-electron chi connectivity index (χ3n) is 2.60. The zero-order chi connectivity index (χ0) is 13.8. The summed E-state index contributed by atoms with van der Waals surface area (Å²) in [6.07, 6.45) is 1.45. The molecule has 0 fully saturated rings. The van der Waals surface area contributed by atoms with Crippen molar-refractivity contribution in [1.29, 1.82) is 0 Å². The summed E-state index contributed by atoms with van der Waals surface area (Å²) in [5.41, 5.74) is 0.849. The first-order valence-corrected chi connectivity index (χ1v) is 5.57. The van der Waals surface area contributed by atoms with Gasteiger partial charge < -0.3 is 10.4 Å². The maximum Gasteiger partial charge on any atom is 0.305 e. The summed E-state index contributed by atoms with van der Waals surface area (Å²) >= 11 is 0. The van der Waals surface area contributed by atoms with Crippen molar-refractivity contribution in [2.45, 2.75) is 6.42 Å². The first-order valence-electron chi connectivity index (χ1n) is 5.57. The third kappa shape index (κ3) is 2.76. The molecule has 7 nitrogen and oxygen atoms in total. The van der Waals surface area contributed by atoms with Crippen molar-refractivity contribution in [2.24, 2.45) is 0 Å². The summed E-state index contributed by atoms with van der Waals surface area (Å²) in [6.45, 7) is 0.247. The van der Waals surface area contributed by atoms with Gasteiger partial charge in [-0.1, -0.05) is 0 Å². The van der Waals surface area contributed by atoms with Gasteiger partial charge in [-0.05, 0) is 18.2 Å². The molecule has 0 aliphatic rings. The van der Waals surface area contributed by atoms with Crippen LogP contribution in [0.5, 0.6) is 0 Å². The third-order valence-corrected chi connectivity index (χ3v) is 2.60. The van der Waals surface area contributed by atoms with E-state index in [1.54, 1.807) is 18.2 Å². The fourth-order valence-electron chi connectivity index (χ4n) is 1.76. The van der Waals surface area contributed by atoms with E-state index in [2.05, 4.69) is 10.3 Å². The van der Waals surface area contributed by atoms with Crippen molar-refractivity contribution in [3.05, 3.63) is 40.6 Å². The summed E-state index contributed by atoms with van der Waals surface area (Å²) in [5.74, 6) is -0.906. The number of hydrogen-bond donors (Lipinski definition) is 2. The van der Waals surface area contributed by atoms with Crippen LogP contribution in [0.1, 0.15) is 6.42 Å². The van der Waals surface area contributed by atoms with Crippen molar-refractivity contribution in [3.8, 4) is 0 Å². The molecule has 0 bridgehead atoms. The summed E-state index contributed by atoms with van der Waals surface area (Å²) in [4.78, 5) is 24.9. The van der Waals surface area contributed by atoms with Crippen LogP contribution in [0.15, 0.2) is 30.5 Å². The Morgan fingerprint density at radius 3 is 2.89 bits per heavy atom. The number of fused-ring (bicyclic) bond motifs is 1. The number of aromatic nitrogens is 1. The van der Waals surface area contributed by atoms with Gasteiger partial charge in [-0.2, -0.15) is 0 Å². The lowest BCUT2D eigenvalue weighted by atomic mass is 10.1. The van der Waals surface area contributed by atoms with Gasteiger partial charge in [0.05, 0.1) is 11.3 Å². The number of nitro groups is 1. The highest BCUT2D eigenvalue weighted by Gasteiger charge is 2.15. The monoisotopic (exact) mass is 261 g/mol. The van der Waals surface area contributed by atoms with Crippen LogP contribution in [0.25, 0.3) is 10.9 Å². The standard InChI is InChI=1S/C12H11N3O4/c16-11(17)5-7-13-9-3-4-10(15(18)19)12-8(9)2-1-6-14-12/h1-4,6,13H,5,7H2,(H,16,17). The lowest BCUT2D eigenvalue weighted by Gasteiger charge is -2.08. The van der Waals surface area contributed by atoms with Crippen molar-refractivity contribution in [2.75, 3.05) is 11.9 Å².